The molecule has 2 aliphatic heterocycles. The molecule has 37 heavy (non-hydrogen) atoms. The summed E-state index contributed by atoms with van der Waals surface area (Å²) in [7, 11) is 0. The topological polar surface area (TPSA) is 71.5 Å². The monoisotopic (exact) mass is 512 g/mol. The standard InChI is InChI=1S/C29H37FN2O5/c30-28-26(33)9-8-23-20-32(29(34)27(23)28)19-22-6-4-21(5-7-22)10-14-36-24-2-1-3-25(18-24)37-17-13-31-11-15-35-16-12-31/h1-3,8-9,18,21-22,33H,4-7,10-17,19-20H2. The Balaban J connectivity index is 0.996. The van der Waals surface area contributed by atoms with Crippen LogP contribution in [0.25, 0.3) is 0 Å². The lowest BCUT2D eigenvalue weighted by atomic mass is 9.80. The maximum atomic E-state index is 14.2. The van der Waals surface area contributed by atoms with Crippen molar-refractivity contribution in [2.24, 2.45) is 11.8 Å². The third-order valence-corrected chi connectivity index (χ3v) is 7.90. The number of morpholine rings is 1. The maximum absolute atomic E-state index is 14.2. The highest BCUT2D eigenvalue weighted by atomic mass is 19.1. The second-order valence-corrected chi connectivity index (χ2v) is 10.4. The van der Waals surface area contributed by atoms with Gasteiger partial charge in [0.2, 0.25) is 0 Å². The fraction of sp³-hybridized carbons (Fsp3) is 0.552. The second-order valence-electron chi connectivity index (χ2n) is 10.4. The summed E-state index contributed by atoms with van der Waals surface area (Å²) in [5.74, 6) is 1.16. The molecule has 0 atom stereocenters. The molecule has 0 bridgehead atoms. The minimum atomic E-state index is -0.793. The van der Waals surface area contributed by atoms with E-state index in [1.807, 2.05) is 24.3 Å². The van der Waals surface area contributed by atoms with Gasteiger partial charge in [-0.3, -0.25) is 9.69 Å². The fourth-order valence-electron chi connectivity index (χ4n) is 5.68. The minimum Gasteiger partial charge on any atom is -0.505 e. The molecule has 3 aliphatic rings. The van der Waals surface area contributed by atoms with Crippen LogP contribution in [0.15, 0.2) is 36.4 Å². The van der Waals surface area contributed by atoms with E-state index < -0.39 is 11.6 Å². The van der Waals surface area contributed by atoms with Crippen molar-refractivity contribution in [3.05, 3.63) is 53.3 Å². The van der Waals surface area contributed by atoms with Crippen molar-refractivity contribution in [3.63, 3.8) is 0 Å². The van der Waals surface area contributed by atoms with Gasteiger partial charge in [-0.05, 0) is 67.7 Å². The van der Waals surface area contributed by atoms with Crippen LogP contribution in [0.2, 0.25) is 0 Å². The van der Waals surface area contributed by atoms with Crippen LogP contribution >= 0.6 is 0 Å². The van der Waals surface area contributed by atoms with E-state index in [2.05, 4.69) is 4.90 Å². The summed E-state index contributed by atoms with van der Waals surface area (Å²) in [6, 6.07) is 10.8. The Morgan fingerprint density at radius 3 is 2.43 bits per heavy atom. The molecule has 0 aromatic heterocycles. The summed E-state index contributed by atoms with van der Waals surface area (Å²) in [6.07, 6.45) is 5.36. The molecule has 1 N–H and O–H groups in total. The number of benzene rings is 2. The normalized spacial score (nSPS) is 22.2. The molecule has 7 nitrogen and oxygen atoms in total. The van der Waals surface area contributed by atoms with Gasteiger partial charge in [-0.15, -0.1) is 0 Å². The number of halogens is 1. The van der Waals surface area contributed by atoms with E-state index in [1.165, 1.54) is 6.07 Å². The van der Waals surface area contributed by atoms with Crippen molar-refractivity contribution in [2.45, 2.75) is 38.6 Å². The molecule has 0 spiro atoms. The van der Waals surface area contributed by atoms with E-state index in [1.54, 1.807) is 11.0 Å². The van der Waals surface area contributed by atoms with Crippen LogP contribution in [-0.2, 0) is 11.3 Å². The highest BCUT2D eigenvalue weighted by Gasteiger charge is 2.34. The molecular formula is C29H37FN2O5. The first-order valence-electron chi connectivity index (χ1n) is 13.5. The van der Waals surface area contributed by atoms with Gasteiger partial charge in [0, 0.05) is 38.8 Å². The van der Waals surface area contributed by atoms with Gasteiger partial charge in [-0.2, -0.15) is 0 Å². The molecule has 2 aromatic rings. The van der Waals surface area contributed by atoms with E-state index >= 15 is 0 Å². The maximum Gasteiger partial charge on any atom is 0.257 e. The highest BCUT2D eigenvalue weighted by molar-refractivity contribution is 5.99. The number of phenols is 1. The van der Waals surface area contributed by atoms with Gasteiger partial charge in [0.1, 0.15) is 18.1 Å². The van der Waals surface area contributed by atoms with Crippen LogP contribution in [0.3, 0.4) is 0 Å². The van der Waals surface area contributed by atoms with Gasteiger partial charge >= 0.3 is 0 Å². The molecule has 5 rings (SSSR count). The second kappa shape index (κ2) is 12.1. The summed E-state index contributed by atoms with van der Waals surface area (Å²) >= 11 is 0. The third kappa shape index (κ3) is 6.54. The molecular weight excluding hydrogens is 475 g/mol. The van der Waals surface area contributed by atoms with E-state index in [-0.39, 0.29) is 11.5 Å². The van der Waals surface area contributed by atoms with Gasteiger partial charge < -0.3 is 24.2 Å². The van der Waals surface area contributed by atoms with Crippen LogP contribution in [-0.4, -0.2) is 73.4 Å². The van der Waals surface area contributed by atoms with Crippen LogP contribution in [0.4, 0.5) is 4.39 Å². The Morgan fingerprint density at radius 1 is 0.973 bits per heavy atom. The van der Waals surface area contributed by atoms with Gasteiger partial charge in [0.05, 0.1) is 25.4 Å². The number of aromatic hydroxyl groups is 1. The molecule has 8 heteroatoms. The lowest BCUT2D eigenvalue weighted by molar-refractivity contribution is 0.0322. The quantitative estimate of drug-likeness (QED) is 0.507. The molecule has 1 aliphatic carbocycles. The van der Waals surface area contributed by atoms with Gasteiger partial charge in [0.15, 0.2) is 11.6 Å². The summed E-state index contributed by atoms with van der Waals surface area (Å²) in [5, 5.41) is 9.61. The lowest BCUT2D eigenvalue weighted by Crippen LogP contribution is -2.38. The first kappa shape index (κ1) is 25.8. The number of carbonyl (C=O) groups is 1. The molecule has 1 amide bonds. The highest BCUT2D eigenvalue weighted by Crippen LogP contribution is 2.35. The third-order valence-electron chi connectivity index (χ3n) is 7.90. The van der Waals surface area contributed by atoms with Crippen molar-refractivity contribution in [2.75, 3.05) is 52.6 Å². The number of nitrogens with zero attached hydrogens (tertiary/aromatic N) is 2. The molecule has 2 aromatic carbocycles. The average Bonchev–Trinajstić information content (AvgIpc) is 3.23. The smallest absolute Gasteiger partial charge is 0.257 e. The number of carbonyl (C=O) groups excluding carboxylic acids is 1. The predicted molar refractivity (Wildman–Crippen MR) is 138 cm³/mol. The van der Waals surface area contributed by atoms with Gasteiger partial charge in [-0.1, -0.05) is 12.1 Å². The number of hydrogen-bond donors (Lipinski definition) is 1. The summed E-state index contributed by atoms with van der Waals surface area (Å²) in [5.41, 5.74) is 0.704. The van der Waals surface area contributed by atoms with Crippen LogP contribution in [0.1, 0.15) is 48.0 Å². The SMILES string of the molecule is O=C1c2c(ccc(O)c2F)CN1CC1CCC(CCOc2cccc(OCCN3CCOCC3)c2)CC1. The summed E-state index contributed by atoms with van der Waals surface area (Å²) in [4.78, 5) is 16.8. The fourth-order valence-corrected chi connectivity index (χ4v) is 5.68. The van der Waals surface area contributed by atoms with Crippen molar-refractivity contribution in [3.8, 4) is 17.2 Å². The first-order valence-corrected chi connectivity index (χ1v) is 13.5. The van der Waals surface area contributed by atoms with Gasteiger partial charge in [-0.25, -0.2) is 4.39 Å². The van der Waals surface area contributed by atoms with E-state index in [9.17, 15) is 14.3 Å². The largest absolute Gasteiger partial charge is 0.505 e. The van der Waals surface area contributed by atoms with E-state index in [0.29, 0.717) is 43.7 Å². The number of amides is 1. The zero-order valence-corrected chi connectivity index (χ0v) is 21.4. The minimum absolute atomic E-state index is 0.0393. The van der Waals surface area contributed by atoms with Crippen molar-refractivity contribution >= 4 is 5.91 Å². The Morgan fingerprint density at radius 2 is 1.68 bits per heavy atom. The van der Waals surface area contributed by atoms with E-state index in [0.717, 1.165) is 76.5 Å². The van der Waals surface area contributed by atoms with Gasteiger partial charge in [0.25, 0.3) is 5.91 Å². The summed E-state index contributed by atoms with van der Waals surface area (Å²) < 4.78 is 31.6. The lowest BCUT2D eigenvalue weighted by Gasteiger charge is -2.31. The molecule has 1 saturated heterocycles. The number of fused-ring (bicyclic) bond motifs is 1. The van der Waals surface area contributed by atoms with Crippen LogP contribution in [0.5, 0.6) is 17.2 Å². The molecule has 0 radical (unpaired) electrons. The summed E-state index contributed by atoms with van der Waals surface area (Å²) in [6.45, 7) is 6.82. The molecule has 1 saturated carbocycles. The van der Waals surface area contributed by atoms with Crippen molar-refractivity contribution in [1.29, 1.82) is 0 Å². The number of hydrogen-bond acceptors (Lipinski definition) is 6. The Hall–Kier alpha value is -2.84. The average molecular weight is 513 g/mol. The molecule has 200 valence electrons. The van der Waals surface area contributed by atoms with Crippen LogP contribution in [0, 0.1) is 17.7 Å². The Labute approximate surface area is 218 Å². The zero-order chi connectivity index (χ0) is 25.6. The Kier molecular flexibility index (Phi) is 8.46. The number of ether oxygens (including phenoxy) is 3. The number of phenolic OH excluding ortho intramolecular Hbond substituents is 1. The van der Waals surface area contributed by atoms with Crippen molar-refractivity contribution < 1.29 is 28.5 Å². The molecule has 0 unspecified atom stereocenters. The molecule has 2 heterocycles. The zero-order valence-electron chi connectivity index (χ0n) is 21.4. The van der Waals surface area contributed by atoms with Crippen molar-refractivity contribution in [1.82, 2.24) is 9.80 Å². The number of rotatable bonds is 10. The predicted octanol–water partition coefficient (Wildman–Crippen LogP) is 4.47. The molecule has 2 fully saturated rings. The Bertz CT molecular complexity index is 1070. The van der Waals surface area contributed by atoms with E-state index in [4.69, 9.17) is 14.2 Å². The first-order chi connectivity index (χ1) is 18.1. The van der Waals surface area contributed by atoms with Crippen LogP contribution < -0.4 is 9.47 Å².